The molecule has 11 nitrogen and oxygen atoms in total. The van der Waals surface area contributed by atoms with Crippen molar-refractivity contribution >= 4 is 70.0 Å². The molecule has 6 atom stereocenters. The number of hydrogen-bond donors (Lipinski definition) is 1. The molecule has 3 aromatic rings. The Morgan fingerprint density at radius 2 is 1.43 bits per heavy atom. The third-order valence-corrected chi connectivity index (χ3v) is 12.9. The van der Waals surface area contributed by atoms with Crippen LogP contribution < -0.4 is 24.2 Å². The third-order valence-electron chi connectivity index (χ3n) is 11.4. The first-order valence-electron chi connectivity index (χ1n) is 17.6. The van der Waals surface area contributed by atoms with E-state index in [1.807, 2.05) is 18.2 Å². The first-order chi connectivity index (χ1) is 25.9. The number of alkyl halides is 2. The topological polar surface area (TPSA) is 126 Å². The molecule has 1 saturated carbocycles. The minimum atomic E-state index is -2.09. The van der Waals surface area contributed by atoms with Gasteiger partial charge in [-0.3, -0.25) is 24.1 Å². The Kier molecular flexibility index (Phi) is 8.98. The van der Waals surface area contributed by atoms with Gasteiger partial charge in [0.1, 0.15) is 5.82 Å². The van der Waals surface area contributed by atoms with Crippen LogP contribution in [0.4, 0.5) is 21.5 Å². The van der Waals surface area contributed by atoms with E-state index in [1.165, 1.54) is 31.3 Å². The fourth-order valence-electron chi connectivity index (χ4n) is 8.75. The van der Waals surface area contributed by atoms with Gasteiger partial charge in [-0.2, -0.15) is 0 Å². The molecule has 3 aliphatic heterocycles. The predicted molar refractivity (Wildman–Crippen MR) is 200 cm³/mol. The van der Waals surface area contributed by atoms with E-state index in [9.17, 15) is 28.7 Å². The maximum Gasteiger partial charge on any atom is 0.258 e. The average Bonchev–Trinajstić information content (AvgIpc) is 3.53. The summed E-state index contributed by atoms with van der Waals surface area (Å²) in [5.74, 6) is -6.32. The zero-order chi connectivity index (χ0) is 38.1. The van der Waals surface area contributed by atoms with Crippen molar-refractivity contribution in [1.82, 2.24) is 0 Å². The van der Waals surface area contributed by atoms with Crippen LogP contribution in [0, 0.1) is 29.5 Å². The fraction of sp³-hybridized carbons (Fsp3) is 0.350. The second kappa shape index (κ2) is 13.4. The molecule has 3 heterocycles. The van der Waals surface area contributed by atoms with Crippen molar-refractivity contribution in [1.29, 1.82) is 0 Å². The number of rotatable bonds is 7. The summed E-state index contributed by atoms with van der Waals surface area (Å²) in [6, 6.07) is 15.2. The Bertz CT molecular complexity index is 2100. The van der Waals surface area contributed by atoms with E-state index in [0.717, 1.165) is 35.8 Å². The van der Waals surface area contributed by atoms with Gasteiger partial charge in [0.2, 0.25) is 17.6 Å². The van der Waals surface area contributed by atoms with Crippen LogP contribution in [0.5, 0.6) is 17.2 Å². The van der Waals surface area contributed by atoms with Crippen molar-refractivity contribution < 1.29 is 42.9 Å². The van der Waals surface area contributed by atoms with Crippen molar-refractivity contribution in [3.05, 3.63) is 89.8 Å². The molecule has 4 fully saturated rings. The van der Waals surface area contributed by atoms with Gasteiger partial charge >= 0.3 is 0 Å². The summed E-state index contributed by atoms with van der Waals surface area (Å²) in [4.78, 5) is 57.7. The number of ether oxygens (including phenoxy) is 3. The van der Waals surface area contributed by atoms with Crippen molar-refractivity contribution in [2.75, 3.05) is 55.2 Å². The van der Waals surface area contributed by atoms with E-state index >= 15 is 0 Å². The predicted octanol–water partition coefficient (Wildman–Crippen LogP) is 5.70. The number of carbonyl (C=O) groups excluding carboxylic acids is 4. The molecule has 5 aliphatic rings. The largest absolute Gasteiger partial charge is 0.502 e. The maximum absolute atomic E-state index is 14.5. The summed E-state index contributed by atoms with van der Waals surface area (Å²) >= 11 is 14.9. The van der Waals surface area contributed by atoms with E-state index < -0.39 is 57.0 Å². The first kappa shape index (κ1) is 36.1. The number of nitrogens with zero attached hydrogens (tertiary/aromatic N) is 3. The summed E-state index contributed by atoms with van der Waals surface area (Å²) in [7, 11) is 2.78. The van der Waals surface area contributed by atoms with Gasteiger partial charge in [-0.1, -0.05) is 23.8 Å². The number of morpholine rings is 1. The lowest BCUT2D eigenvalue weighted by Gasteiger charge is -2.49. The maximum atomic E-state index is 14.5. The molecule has 2 aliphatic carbocycles. The molecular weight excluding hydrogens is 740 g/mol. The van der Waals surface area contributed by atoms with Gasteiger partial charge in [0, 0.05) is 24.7 Å². The fourth-order valence-corrected chi connectivity index (χ4v) is 9.64. The van der Waals surface area contributed by atoms with Crippen LogP contribution in [0.25, 0.3) is 6.08 Å². The summed E-state index contributed by atoms with van der Waals surface area (Å²) in [6.45, 7) is 2.68. The van der Waals surface area contributed by atoms with E-state index in [-0.39, 0.29) is 41.7 Å². The molecule has 4 amide bonds. The second-order valence-electron chi connectivity index (χ2n) is 14.1. The van der Waals surface area contributed by atoms with Crippen LogP contribution >= 0.6 is 23.2 Å². The minimum Gasteiger partial charge on any atom is -0.502 e. The molecule has 6 unspecified atom stereocenters. The standard InChI is InChI=1S/C40H36Cl2FN3O8/c1-52-31-19-22(20-32(53-2)34(31)47)3-14-30-27-12-13-28-33(36(49)45(35(28)48)25-10-8-24(9-11-25)44-15-17-54-18-16-44)29(27)21-39(41)37(50)46(38(51)40(30,39)42)26-6-4-23(43)5-7-26/h3-12,14,19-20,28-30,33,47H,13,15-18,21H2,1-2H3. The minimum absolute atomic E-state index is 0.0882. The number of halogens is 3. The molecule has 280 valence electrons. The summed E-state index contributed by atoms with van der Waals surface area (Å²) in [5.41, 5.74) is 2.58. The second-order valence-corrected chi connectivity index (χ2v) is 15.3. The van der Waals surface area contributed by atoms with Crippen LogP contribution in [-0.2, 0) is 23.9 Å². The van der Waals surface area contributed by atoms with Gasteiger partial charge in [-0.15, -0.1) is 23.2 Å². The molecule has 0 spiro atoms. The number of allylic oxidation sites excluding steroid dienone is 3. The first-order valence-corrected chi connectivity index (χ1v) is 18.3. The number of hydrogen-bond acceptors (Lipinski definition) is 9. The molecule has 8 rings (SSSR count). The number of imide groups is 2. The van der Waals surface area contributed by atoms with E-state index in [4.69, 9.17) is 37.4 Å². The SMILES string of the molecule is COc1cc(C=CC2C3=CCC4C(=O)N(c5ccc(N6CCOCC6)cc5)C(=O)C4C3CC3(Cl)C(=O)N(c4ccc(F)cc4)C(=O)C23Cl)cc(OC)c1O. The summed E-state index contributed by atoms with van der Waals surface area (Å²) in [5, 5.41) is 10.5. The zero-order valence-corrected chi connectivity index (χ0v) is 30.8. The molecule has 3 aromatic carbocycles. The molecule has 0 radical (unpaired) electrons. The highest BCUT2D eigenvalue weighted by atomic mass is 35.5. The van der Waals surface area contributed by atoms with E-state index in [0.29, 0.717) is 30.0 Å². The normalized spacial score (nSPS) is 29.4. The van der Waals surface area contributed by atoms with E-state index in [2.05, 4.69) is 4.90 Å². The monoisotopic (exact) mass is 775 g/mol. The van der Waals surface area contributed by atoms with Crippen molar-refractivity contribution in [2.24, 2.45) is 23.7 Å². The van der Waals surface area contributed by atoms with Gasteiger partial charge in [0.15, 0.2) is 21.2 Å². The average molecular weight is 777 g/mol. The molecule has 54 heavy (non-hydrogen) atoms. The van der Waals surface area contributed by atoms with Gasteiger partial charge < -0.3 is 24.2 Å². The number of anilines is 3. The quantitative estimate of drug-likeness (QED) is 0.183. The van der Waals surface area contributed by atoms with Crippen LogP contribution in [0.15, 0.2) is 78.4 Å². The smallest absolute Gasteiger partial charge is 0.258 e. The lowest BCUT2D eigenvalue weighted by Crippen LogP contribution is -2.60. The van der Waals surface area contributed by atoms with Gasteiger partial charge in [0.25, 0.3) is 11.8 Å². The summed E-state index contributed by atoms with van der Waals surface area (Å²) < 4.78 is 30.1. The highest BCUT2D eigenvalue weighted by Crippen LogP contribution is 2.63. The van der Waals surface area contributed by atoms with Gasteiger partial charge in [0.05, 0.1) is 50.6 Å². The number of benzene rings is 3. The number of methoxy groups -OCH3 is 2. The van der Waals surface area contributed by atoms with Gasteiger partial charge in [-0.05, 0) is 85.0 Å². The summed E-state index contributed by atoms with van der Waals surface area (Å²) in [6.07, 6.45) is 5.13. The molecule has 14 heteroatoms. The lowest BCUT2D eigenvalue weighted by molar-refractivity contribution is -0.125. The molecule has 3 saturated heterocycles. The van der Waals surface area contributed by atoms with Crippen LogP contribution in [0.3, 0.4) is 0 Å². The van der Waals surface area contributed by atoms with Crippen molar-refractivity contribution in [2.45, 2.75) is 22.6 Å². The molecule has 0 aromatic heterocycles. The highest BCUT2D eigenvalue weighted by molar-refractivity contribution is 6.58. The van der Waals surface area contributed by atoms with Gasteiger partial charge in [-0.25, -0.2) is 9.29 Å². The van der Waals surface area contributed by atoms with Crippen LogP contribution in [0.1, 0.15) is 18.4 Å². The molecule has 0 bridgehead atoms. The molecule has 1 N–H and O–H groups in total. The zero-order valence-electron chi connectivity index (χ0n) is 29.3. The van der Waals surface area contributed by atoms with Crippen molar-refractivity contribution in [3.8, 4) is 17.2 Å². The Morgan fingerprint density at radius 1 is 0.833 bits per heavy atom. The number of phenolic OH excluding ortho intramolecular Hbond substituents is 1. The number of fused-ring (bicyclic) bond motifs is 4. The molecular formula is C40H36Cl2FN3O8. The Labute approximate surface area is 320 Å². The number of phenols is 1. The van der Waals surface area contributed by atoms with E-state index in [1.54, 1.807) is 36.4 Å². The van der Waals surface area contributed by atoms with Crippen molar-refractivity contribution in [3.63, 3.8) is 0 Å². The Hall–Kier alpha value is -4.91. The van der Waals surface area contributed by atoms with Crippen LogP contribution in [-0.4, -0.2) is 79.0 Å². The third kappa shape index (κ3) is 5.32. The lowest BCUT2D eigenvalue weighted by atomic mass is 9.57. The number of aromatic hydroxyl groups is 1. The highest BCUT2D eigenvalue weighted by Gasteiger charge is 2.76. The Balaban J connectivity index is 1.20. The Morgan fingerprint density at radius 3 is 2.06 bits per heavy atom. The number of amides is 4. The van der Waals surface area contributed by atoms with Crippen LogP contribution in [0.2, 0.25) is 0 Å². The number of carbonyl (C=O) groups is 4.